The van der Waals surface area contributed by atoms with E-state index in [0.717, 1.165) is 44.8 Å². The summed E-state index contributed by atoms with van der Waals surface area (Å²) in [6.07, 6.45) is 2.15. The van der Waals surface area contributed by atoms with E-state index in [1.54, 1.807) is 28.9 Å². The van der Waals surface area contributed by atoms with Crippen molar-refractivity contribution in [3.63, 3.8) is 0 Å². The summed E-state index contributed by atoms with van der Waals surface area (Å²) in [7, 11) is 0. The van der Waals surface area contributed by atoms with Gasteiger partial charge >= 0.3 is 0 Å². The summed E-state index contributed by atoms with van der Waals surface area (Å²) in [5.41, 5.74) is 4.11. The van der Waals surface area contributed by atoms with Crippen LogP contribution in [0, 0.1) is 6.92 Å². The maximum Gasteiger partial charge on any atom is 0.228 e. The summed E-state index contributed by atoms with van der Waals surface area (Å²) >= 11 is 3.20. The van der Waals surface area contributed by atoms with E-state index in [1.165, 1.54) is 5.56 Å². The highest BCUT2D eigenvalue weighted by Crippen LogP contribution is 2.28. The van der Waals surface area contributed by atoms with E-state index in [2.05, 4.69) is 51.0 Å². The van der Waals surface area contributed by atoms with Crippen molar-refractivity contribution in [2.75, 3.05) is 31.1 Å². The highest BCUT2D eigenvalue weighted by atomic mass is 32.1. The van der Waals surface area contributed by atoms with E-state index in [1.807, 2.05) is 22.4 Å². The van der Waals surface area contributed by atoms with Gasteiger partial charge in [0.25, 0.3) is 0 Å². The van der Waals surface area contributed by atoms with Gasteiger partial charge in [-0.25, -0.2) is 15.0 Å². The third kappa shape index (κ3) is 3.93. The highest BCUT2D eigenvalue weighted by molar-refractivity contribution is 7.21. The van der Waals surface area contributed by atoms with E-state index >= 15 is 0 Å². The van der Waals surface area contributed by atoms with Crippen LogP contribution in [0.5, 0.6) is 0 Å². The molecule has 1 aliphatic heterocycles. The largest absolute Gasteiger partial charge is 0.344 e. The number of anilines is 1. The van der Waals surface area contributed by atoms with Gasteiger partial charge in [0.15, 0.2) is 5.13 Å². The van der Waals surface area contributed by atoms with Gasteiger partial charge in [-0.2, -0.15) is 0 Å². The Balaban J connectivity index is 1.19. The fourth-order valence-electron chi connectivity index (χ4n) is 3.52. The Bertz CT molecular complexity index is 1140. The van der Waals surface area contributed by atoms with Crippen molar-refractivity contribution in [2.24, 2.45) is 0 Å². The summed E-state index contributed by atoms with van der Waals surface area (Å²) in [6.45, 7) is 5.06. The molecule has 30 heavy (non-hydrogen) atoms. The van der Waals surface area contributed by atoms with Crippen molar-refractivity contribution in [1.29, 1.82) is 0 Å². The molecule has 0 radical (unpaired) electrons. The normalized spacial score (nSPS) is 14.4. The van der Waals surface area contributed by atoms with E-state index < -0.39 is 0 Å². The van der Waals surface area contributed by atoms with Gasteiger partial charge in [0.2, 0.25) is 5.91 Å². The van der Waals surface area contributed by atoms with Crippen LogP contribution < -0.4 is 4.90 Å². The summed E-state index contributed by atoms with van der Waals surface area (Å²) in [6, 6.07) is 12.2. The van der Waals surface area contributed by atoms with Gasteiger partial charge in [0.1, 0.15) is 15.4 Å². The second kappa shape index (κ2) is 8.12. The third-order valence-electron chi connectivity index (χ3n) is 5.24. The average molecular weight is 436 g/mol. The number of benzene rings is 1. The van der Waals surface area contributed by atoms with Gasteiger partial charge < -0.3 is 9.80 Å². The summed E-state index contributed by atoms with van der Waals surface area (Å²) in [5, 5.41) is 3.95. The van der Waals surface area contributed by atoms with E-state index in [9.17, 15) is 4.79 Å². The molecule has 0 spiro atoms. The smallest absolute Gasteiger partial charge is 0.228 e. The first-order valence-electron chi connectivity index (χ1n) is 9.91. The number of carbonyl (C=O) groups excluding carboxylic acids is 1. The third-order valence-corrected chi connectivity index (χ3v) is 7.22. The molecule has 1 fully saturated rings. The van der Waals surface area contributed by atoms with Gasteiger partial charge in [-0.3, -0.25) is 4.79 Å². The predicted octanol–water partition coefficient (Wildman–Crippen LogP) is 4.01. The Labute approximate surface area is 182 Å². The van der Waals surface area contributed by atoms with Gasteiger partial charge in [0.05, 0.1) is 12.1 Å². The number of pyridine rings is 1. The van der Waals surface area contributed by atoms with Crippen molar-refractivity contribution < 1.29 is 4.79 Å². The number of fused-ring (bicyclic) bond motifs is 1. The molecule has 1 aliphatic rings. The van der Waals surface area contributed by atoms with E-state index in [-0.39, 0.29) is 5.91 Å². The predicted molar refractivity (Wildman–Crippen MR) is 122 cm³/mol. The molecule has 8 heteroatoms. The first-order valence-corrected chi connectivity index (χ1v) is 11.6. The molecule has 5 rings (SSSR count). The minimum absolute atomic E-state index is 0.140. The molecular formula is C22H21N5OS2. The van der Waals surface area contributed by atoms with Gasteiger partial charge in [0, 0.05) is 43.3 Å². The maximum atomic E-state index is 12.8. The number of aryl methyl sites for hydroxylation is 1. The molecule has 152 valence electrons. The lowest BCUT2D eigenvalue weighted by molar-refractivity contribution is -0.130. The zero-order valence-electron chi connectivity index (χ0n) is 16.6. The summed E-state index contributed by atoms with van der Waals surface area (Å²) < 4.78 is 0. The van der Waals surface area contributed by atoms with Crippen LogP contribution in [0.2, 0.25) is 0 Å². The maximum absolute atomic E-state index is 12.8. The van der Waals surface area contributed by atoms with Crippen LogP contribution in [0.1, 0.15) is 11.3 Å². The first kappa shape index (κ1) is 19.1. The molecule has 0 aliphatic carbocycles. The van der Waals surface area contributed by atoms with Crippen LogP contribution in [0.3, 0.4) is 0 Å². The molecule has 1 saturated heterocycles. The molecule has 4 aromatic rings. The molecule has 0 unspecified atom stereocenters. The van der Waals surface area contributed by atoms with Crippen molar-refractivity contribution in [2.45, 2.75) is 13.3 Å². The molecule has 0 bridgehead atoms. The number of thiazole rings is 2. The molecule has 0 atom stereocenters. The molecule has 1 amide bonds. The van der Waals surface area contributed by atoms with Crippen molar-refractivity contribution in [3.8, 4) is 10.6 Å². The van der Waals surface area contributed by atoms with Crippen LogP contribution >= 0.6 is 22.7 Å². The molecule has 0 saturated carbocycles. The minimum atomic E-state index is 0.140. The molecular weight excluding hydrogens is 414 g/mol. The number of piperazine rings is 1. The molecule has 3 aromatic heterocycles. The number of nitrogens with zero attached hydrogens (tertiary/aromatic N) is 5. The number of amides is 1. The van der Waals surface area contributed by atoms with Gasteiger partial charge in [-0.1, -0.05) is 41.2 Å². The number of rotatable bonds is 4. The second-order valence-corrected chi connectivity index (χ2v) is 9.19. The van der Waals surface area contributed by atoms with Crippen LogP contribution in [0.4, 0.5) is 5.13 Å². The number of hydrogen-bond acceptors (Lipinski definition) is 7. The fraction of sp³-hybridized carbons (Fsp3) is 0.273. The van der Waals surface area contributed by atoms with Gasteiger partial charge in [-0.05, 0) is 19.1 Å². The van der Waals surface area contributed by atoms with Crippen LogP contribution in [-0.2, 0) is 11.2 Å². The average Bonchev–Trinajstić information content (AvgIpc) is 3.41. The van der Waals surface area contributed by atoms with Crippen LogP contribution in [0.25, 0.3) is 20.9 Å². The van der Waals surface area contributed by atoms with E-state index in [4.69, 9.17) is 0 Å². The lowest BCUT2D eigenvalue weighted by Gasteiger charge is -2.34. The number of carbonyl (C=O) groups is 1. The SMILES string of the molecule is Cc1ccc(-c2nc(CC(=O)N3CCN(c4nc5cccnc5s4)CC3)cs2)cc1. The quantitative estimate of drug-likeness (QED) is 0.485. The first-order chi connectivity index (χ1) is 14.7. The molecule has 0 N–H and O–H groups in total. The Kier molecular flexibility index (Phi) is 5.18. The van der Waals surface area contributed by atoms with Crippen molar-refractivity contribution >= 4 is 44.1 Å². The molecule has 6 nitrogen and oxygen atoms in total. The van der Waals surface area contributed by atoms with E-state index in [0.29, 0.717) is 19.5 Å². The number of hydrogen-bond donors (Lipinski definition) is 0. The van der Waals surface area contributed by atoms with Crippen molar-refractivity contribution in [3.05, 3.63) is 59.2 Å². The van der Waals surface area contributed by atoms with Crippen LogP contribution in [0.15, 0.2) is 48.0 Å². The zero-order chi connectivity index (χ0) is 20.5. The lowest BCUT2D eigenvalue weighted by Crippen LogP contribution is -2.49. The fourth-order valence-corrected chi connectivity index (χ4v) is 5.31. The summed E-state index contributed by atoms with van der Waals surface area (Å²) in [4.78, 5) is 31.7. The Morgan fingerprint density at radius 2 is 1.87 bits per heavy atom. The van der Waals surface area contributed by atoms with Crippen molar-refractivity contribution in [1.82, 2.24) is 19.9 Å². The summed E-state index contributed by atoms with van der Waals surface area (Å²) in [5.74, 6) is 0.140. The highest BCUT2D eigenvalue weighted by Gasteiger charge is 2.24. The topological polar surface area (TPSA) is 62.2 Å². The molecule has 1 aromatic carbocycles. The van der Waals surface area contributed by atoms with Crippen LogP contribution in [-0.4, -0.2) is 51.9 Å². The molecule has 4 heterocycles. The Morgan fingerprint density at radius 1 is 1.07 bits per heavy atom. The van der Waals surface area contributed by atoms with Gasteiger partial charge in [-0.15, -0.1) is 11.3 Å². The standard InChI is InChI=1S/C22H21N5OS2/c1-15-4-6-16(7-5-15)20-24-17(14-29-20)13-19(28)26-9-11-27(12-10-26)22-25-18-3-2-8-23-21(18)30-22/h2-8,14H,9-13H2,1H3. The Hall–Kier alpha value is -2.84. The monoisotopic (exact) mass is 435 g/mol. The zero-order valence-corrected chi connectivity index (χ0v) is 18.2. The minimum Gasteiger partial charge on any atom is -0.344 e. The number of aromatic nitrogens is 3. The lowest BCUT2D eigenvalue weighted by atomic mass is 10.2. The Morgan fingerprint density at radius 3 is 2.63 bits per heavy atom. The second-order valence-electron chi connectivity index (χ2n) is 7.38.